The van der Waals surface area contributed by atoms with Gasteiger partial charge in [-0.05, 0) is 50.2 Å². The maximum atomic E-state index is 5.74. The van der Waals surface area contributed by atoms with Gasteiger partial charge in [-0.15, -0.1) is 0 Å². The van der Waals surface area contributed by atoms with Crippen LogP contribution in [0.2, 0.25) is 0 Å². The Labute approximate surface area is 168 Å². The summed E-state index contributed by atoms with van der Waals surface area (Å²) in [6.07, 6.45) is 0. The predicted molar refractivity (Wildman–Crippen MR) is 109 cm³/mol. The number of rotatable bonds is 7. The minimum absolute atomic E-state index is 0.372. The third-order valence-electron chi connectivity index (χ3n) is 4.35. The average molecular weight is 391 g/mol. The number of methoxy groups -OCH3 is 1. The van der Waals surface area contributed by atoms with E-state index >= 15 is 0 Å². The van der Waals surface area contributed by atoms with Gasteiger partial charge in [0, 0.05) is 5.39 Å². The SMILES string of the molecule is CCOc1ccccc1-c1nc(-c2cc3cc(OC)ccc3nc2OCC)no1. The first kappa shape index (κ1) is 18.7. The Hall–Kier alpha value is -3.61. The van der Waals surface area contributed by atoms with Crippen LogP contribution in [-0.2, 0) is 0 Å². The van der Waals surface area contributed by atoms with Gasteiger partial charge in [0.1, 0.15) is 11.5 Å². The number of benzene rings is 2. The topological polar surface area (TPSA) is 79.5 Å². The van der Waals surface area contributed by atoms with Gasteiger partial charge >= 0.3 is 0 Å². The highest BCUT2D eigenvalue weighted by atomic mass is 16.5. The molecular formula is C22H21N3O4. The second kappa shape index (κ2) is 8.18. The molecule has 0 amide bonds. The van der Waals surface area contributed by atoms with E-state index in [4.69, 9.17) is 18.7 Å². The second-order valence-corrected chi connectivity index (χ2v) is 6.19. The van der Waals surface area contributed by atoms with Gasteiger partial charge in [-0.25, -0.2) is 4.98 Å². The van der Waals surface area contributed by atoms with E-state index in [1.54, 1.807) is 7.11 Å². The Kier molecular flexibility index (Phi) is 5.29. The highest BCUT2D eigenvalue weighted by Gasteiger charge is 2.19. The van der Waals surface area contributed by atoms with E-state index in [9.17, 15) is 0 Å². The largest absolute Gasteiger partial charge is 0.497 e. The van der Waals surface area contributed by atoms with Crippen molar-refractivity contribution in [2.75, 3.05) is 20.3 Å². The molecule has 2 heterocycles. The van der Waals surface area contributed by atoms with E-state index < -0.39 is 0 Å². The average Bonchev–Trinajstić information content (AvgIpc) is 3.23. The molecular weight excluding hydrogens is 370 g/mol. The monoisotopic (exact) mass is 391 g/mol. The van der Waals surface area contributed by atoms with E-state index in [0.717, 1.165) is 22.2 Å². The Morgan fingerprint density at radius 1 is 0.897 bits per heavy atom. The maximum Gasteiger partial charge on any atom is 0.262 e. The first-order chi connectivity index (χ1) is 14.2. The standard InChI is InChI=1S/C22H21N3O4/c1-4-27-19-9-7-6-8-16(19)22-24-20(25-29-22)17-13-14-12-15(26-3)10-11-18(14)23-21(17)28-5-2/h6-13H,4-5H2,1-3H3. The summed E-state index contributed by atoms with van der Waals surface area (Å²) >= 11 is 0. The van der Waals surface area contributed by atoms with Crippen LogP contribution < -0.4 is 14.2 Å². The fourth-order valence-corrected chi connectivity index (χ4v) is 3.04. The molecule has 0 aliphatic heterocycles. The molecule has 29 heavy (non-hydrogen) atoms. The van der Waals surface area contributed by atoms with Gasteiger partial charge in [0.15, 0.2) is 0 Å². The lowest BCUT2D eigenvalue weighted by Gasteiger charge is -2.09. The maximum absolute atomic E-state index is 5.74. The van der Waals surface area contributed by atoms with Crippen molar-refractivity contribution in [3.8, 4) is 40.2 Å². The van der Waals surface area contributed by atoms with Gasteiger partial charge in [0.05, 0.1) is 37.0 Å². The van der Waals surface area contributed by atoms with E-state index in [0.29, 0.717) is 42.1 Å². The molecule has 0 unspecified atom stereocenters. The molecule has 0 bridgehead atoms. The third-order valence-corrected chi connectivity index (χ3v) is 4.35. The van der Waals surface area contributed by atoms with E-state index in [1.807, 2.05) is 62.4 Å². The third kappa shape index (κ3) is 3.71. The predicted octanol–water partition coefficient (Wildman–Crippen LogP) is 4.76. The quantitative estimate of drug-likeness (QED) is 0.449. The number of hydrogen-bond acceptors (Lipinski definition) is 7. The first-order valence-corrected chi connectivity index (χ1v) is 9.41. The summed E-state index contributed by atoms with van der Waals surface area (Å²) in [4.78, 5) is 9.20. The van der Waals surface area contributed by atoms with Gasteiger partial charge in [0.2, 0.25) is 11.7 Å². The molecule has 0 aliphatic rings. The molecule has 0 saturated carbocycles. The summed E-state index contributed by atoms with van der Waals surface area (Å²) < 4.78 is 22.3. The van der Waals surface area contributed by atoms with Crippen molar-refractivity contribution in [2.24, 2.45) is 0 Å². The normalized spacial score (nSPS) is 10.9. The van der Waals surface area contributed by atoms with Gasteiger partial charge in [-0.2, -0.15) is 4.98 Å². The van der Waals surface area contributed by atoms with Gasteiger partial charge in [-0.3, -0.25) is 0 Å². The molecule has 0 atom stereocenters. The summed E-state index contributed by atoms with van der Waals surface area (Å²) in [5, 5.41) is 5.06. The number of para-hydroxylation sites is 1. The Morgan fingerprint density at radius 3 is 2.52 bits per heavy atom. The van der Waals surface area contributed by atoms with E-state index in [2.05, 4.69) is 15.1 Å². The van der Waals surface area contributed by atoms with E-state index in [1.165, 1.54) is 0 Å². The van der Waals surface area contributed by atoms with Crippen LogP contribution in [0.25, 0.3) is 33.7 Å². The highest BCUT2D eigenvalue weighted by Crippen LogP contribution is 2.34. The van der Waals surface area contributed by atoms with Crippen LogP contribution >= 0.6 is 0 Å². The molecule has 2 aromatic carbocycles. The molecule has 0 aliphatic carbocycles. The molecule has 0 spiro atoms. The van der Waals surface area contributed by atoms with Crippen LogP contribution in [0.1, 0.15) is 13.8 Å². The summed E-state index contributed by atoms with van der Waals surface area (Å²) in [5.74, 6) is 2.66. The molecule has 7 heteroatoms. The fraction of sp³-hybridized carbons (Fsp3) is 0.227. The zero-order chi connectivity index (χ0) is 20.2. The van der Waals surface area contributed by atoms with Crippen molar-refractivity contribution in [3.05, 3.63) is 48.5 Å². The van der Waals surface area contributed by atoms with Crippen molar-refractivity contribution in [1.82, 2.24) is 15.1 Å². The Bertz CT molecular complexity index is 1140. The number of nitrogens with zero attached hydrogens (tertiary/aromatic N) is 3. The molecule has 148 valence electrons. The zero-order valence-corrected chi connectivity index (χ0v) is 16.5. The highest BCUT2D eigenvalue weighted by molar-refractivity contribution is 5.86. The van der Waals surface area contributed by atoms with Gasteiger partial charge in [0.25, 0.3) is 5.89 Å². The van der Waals surface area contributed by atoms with E-state index in [-0.39, 0.29) is 0 Å². The Balaban J connectivity index is 1.81. The van der Waals surface area contributed by atoms with Crippen LogP contribution in [0, 0.1) is 0 Å². The van der Waals surface area contributed by atoms with Gasteiger partial charge in [-0.1, -0.05) is 17.3 Å². The Morgan fingerprint density at radius 2 is 1.72 bits per heavy atom. The zero-order valence-electron chi connectivity index (χ0n) is 16.5. The van der Waals surface area contributed by atoms with Crippen molar-refractivity contribution in [3.63, 3.8) is 0 Å². The number of pyridine rings is 1. The molecule has 4 rings (SSSR count). The minimum Gasteiger partial charge on any atom is -0.497 e. The lowest BCUT2D eigenvalue weighted by Crippen LogP contribution is -1.99. The first-order valence-electron chi connectivity index (χ1n) is 9.41. The molecule has 0 fully saturated rings. The van der Waals surface area contributed by atoms with Crippen LogP contribution in [-0.4, -0.2) is 35.4 Å². The lowest BCUT2D eigenvalue weighted by molar-refractivity contribution is 0.329. The van der Waals surface area contributed by atoms with Crippen LogP contribution in [0.15, 0.2) is 53.1 Å². The van der Waals surface area contributed by atoms with Gasteiger partial charge < -0.3 is 18.7 Å². The number of hydrogen-bond donors (Lipinski definition) is 0. The molecule has 4 aromatic rings. The smallest absolute Gasteiger partial charge is 0.262 e. The van der Waals surface area contributed by atoms with Crippen molar-refractivity contribution in [2.45, 2.75) is 13.8 Å². The number of aromatic nitrogens is 3. The van der Waals surface area contributed by atoms with Crippen molar-refractivity contribution in [1.29, 1.82) is 0 Å². The summed E-state index contributed by atoms with van der Waals surface area (Å²) in [7, 11) is 1.63. The lowest BCUT2D eigenvalue weighted by atomic mass is 10.1. The molecule has 7 nitrogen and oxygen atoms in total. The summed E-state index contributed by atoms with van der Waals surface area (Å²) in [5.41, 5.74) is 2.18. The molecule has 0 N–H and O–H groups in total. The van der Waals surface area contributed by atoms with Crippen molar-refractivity contribution < 1.29 is 18.7 Å². The summed E-state index contributed by atoms with van der Waals surface area (Å²) in [6, 6.07) is 15.2. The molecule has 0 radical (unpaired) electrons. The summed E-state index contributed by atoms with van der Waals surface area (Å²) in [6.45, 7) is 4.85. The van der Waals surface area contributed by atoms with Crippen LogP contribution in [0.3, 0.4) is 0 Å². The fourth-order valence-electron chi connectivity index (χ4n) is 3.04. The molecule has 2 aromatic heterocycles. The second-order valence-electron chi connectivity index (χ2n) is 6.19. The van der Waals surface area contributed by atoms with Crippen LogP contribution in [0.5, 0.6) is 17.4 Å². The number of ether oxygens (including phenoxy) is 3. The minimum atomic E-state index is 0.372. The molecule has 0 saturated heterocycles. The van der Waals surface area contributed by atoms with Crippen molar-refractivity contribution >= 4 is 10.9 Å². The van der Waals surface area contributed by atoms with Crippen LogP contribution in [0.4, 0.5) is 0 Å². The number of fused-ring (bicyclic) bond motifs is 1.